The van der Waals surface area contributed by atoms with Crippen molar-refractivity contribution in [2.75, 3.05) is 13.2 Å². The van der Waals surface area contributed by atoms with Gasteiger partial charge in [-0.15, -0.1) is 0 Å². The monoisotopic (exact) mass is 482 g/mol. The maximum atomic E-state index is 13.3. The van der Waals surface area contributed by atoms with Crippen molar-refractivity contribution in [2.24, 2.45) is 0 Å². The molecule has 1 aromatic carbocycles. The van der Waals surface area contributed by atoms with Crippen molar-refractivity contribution in [3.8, 4) is 0 Å². The summed E-state index contributed by atoms with van der Waals surface area (Å²) in [6, 6.07) is 11.6. The average Bonchev–Trinajstić information content (AvgIpc) is 2.77. The Hall–Kier alpha value is -2.98. The van der Waals surface area contributed by atoms with Crippen LogP contribution in [0.15, 0.2) is 48.7 Å². The van der Waals surface area contributed by atoms with Gasteiger partial charge in [0.05, 0.1) is 16.9 Å². The van der Waals surface area contributed by atoms with Crippen LogP contribution in [-0.4, -0.2) is 45.9 Å². The molecule has 1 atom stereocenters. The van der Waals surface area contributed by atoms with Gasteiger partial charge in [0.25, 0.3) is 0 Å². The number of rotatable bonds is 6. The van der Waals surface area contributed by atoms with Crippen molar-refractivity contribution in [1.82, 2.24) is 10.3 Å². The van der Waals surface area contributed by atoms with E-state index in [1.165, 1.54) is 12.1 Å². The minimum atomic E-state index is -4.34. The summed E-state index contributed by atoms with van der Waals surface area (Å²) in [6.07, 6.45) is -0.444. The summed E-state index contributed by atoms with van der Waals surface area (Å²) < 4.78 is 45.6. The number of carboxylic acids is 2. The number of nitrogens with one attached hydrogen (secondary N) is 1. The Bertz CT molecular complexity index is 955. The van der Waals surface area contributed by atoms with E-state index in [4.69, 9.17) is 24.5 Å². The quantitative estimate of drug-likeness (QED) is 0.417. The average molecular weight is 482 g/mol. The minimum Gasteiger partial charge on any atom is -0.473 e. The predicted octanol–water partition coefficient (Wildman–Crippen LogP) is 4.26. The lowest BCUT2D eigenvalue weighted by molar-refractivity contribution is -0.159. The van der Waals surface area contributed by atoms with Gasteiger partial charge in [0, 0.05) is 24.8 Å². The maximum absolute atomic E-state index is 13.3. The van der Waals surface area contributed by atoms with Crippen LogP contribution in [0.1, 0.15) is 49.9 Å². The van der Waals surface area contributed by atoms with Gasteiger partial charge in [-0.2, -0.15) is 13.2 Å². The van der Waals surface area contributed by atoms with Gasteiger partial charge < -0.3 is 20.3 Å². The standard InChI is InChI=1S/C22H27F3N2O.C2H2O4/c1-20(2)16-21(10-13-28-20,9-12-26-15-19-8-3-4-11-27-19)17-6-5-7-18(14-17)22(23,24)25;3-1(4)2(5)6/h3-8,11,14,26H,9-10,12-13,15-16H2,1-2H3;(H,3,4)(H,5,6). The largest absolute Gasteiger partial charge is 0.473 e. The van der Waals surface area contributed by atoms with Gasteiger partial charge in [0.1, 0.15) is 0 Å². The second-order valence-corrected chi connectivity index (χ2v) is 8.75. The number of benzene rings is 1. The fourth-order valence-electron chi connectivity index (χ4n) is 4.15. The second kappa shape index (κ2) is 11.4. The number of hydrogen-bond donors (Lipinski definition) is 3. The van der Waals surface area contributed by atoms with Crippen molar-refractivity contribution >= 4 is 11.9 Å². The molecule has 3 rings (SSSR count). The lowest BCUT2D eigenvalue weighted by Crippen LogP contribution is -2.45. The number of carboxylic acid groups (broad SMARTS) is 2. The van der Waals surface area contributed by atoms with Crippen LogP contribution < -0.4 is 5.32 Å². The van der Waals surface area contributed by atoms with E-state index in [2.05, 4.69) is 10.3 Å². The summed E-state index contributed by atoms with van der Waals surface area (Å²) in [4.78, 5) is 22.5. The van der Waals surface area contributed by atoms with Gasteiger partial charge >= 0.3 is 18.1 Å². The molecule has 0 radical (unpaired) electrons. The maximum Gasteiger partial charge on any atom is 0.416 e. The Morgan fingerprint density at radius 1 is 1.12 bits per heavy atom. The number of aromatic nitrogens is 1. The van der Waals surface area contributed by atoms with Gasteiger partial charge in [-0.05, 0) is 63.4 Å². The van der Waals surface area contributed by atoms with Crippen molar-refractivity contribution in [3.05, 3.63) is 65.5 Å². The molecule has 0 amide bonds. The molecule has 7 nitrogen and oxygen atoms in total. The highest BCUT2D eigenvalue weighted by molar-refractivity contribution is 6.27. The molecule has 10 heteroatoms. The van der Waals surface area contributed by atoms with Crippen molar-refractivity contribution < 1.29 is 37.7 Å². The molecule has 1 saturated heterocycles. The van der Waals surface area contributed by atoms with Crippen LogP contribution in [0, 0.1) is 0 Å². The number of ether oxygens (including phenoxy) is 1. The Balaban J connectivity index is 0.000000604. The molecule has 2 heterocycles. The van der Waals surface area contributed by atoms with Crippen LogP contribution in [0.25, 0.3) is 0 Å². The van der Waals surface area contributed by atoms with E-state index in [-0.39, 0.29) is 11.0 Å². The number of hydrogen-bond acceptors (Lipinski definition) is 5. The number of pyridine rings is 1. The first-order valence-electron chi connectivity index (χ1n) is 10.7. The molecular formula is C24H29F3N2O5. The molecule has 1 aromatic heterocycles. The third kappa shape index (κ3) is 8.11. The summed E-state index contributed by atoms with van der Waals surface area (Å²) in [5.74, 6) is -3.65. The van der Waals surface area contributed by atoms with E-state index in [1.54, 1.807) is 6.20 Å². The predicted molar refractivity (Wildman–Crippen MR) is 118 cm³/mol. The van der Waals surface area contributed by atoms with E-state index in [0.29, 0.717) is 32.5 Å². The molecule has 1 fully saturated rings. The molecule has 1 aliphatic heterocycles. The van der Waals surface area contributed by atoms with Crippen LogP contribution in [0.3, 0.4) is 0 Å². The fourth-order valence-corrected chi connectivity index (χ4v) is 4.15. The SMILES string of the molecule is CC1(C)CC(CCNCc2ccccn2)(c2cccc(C(F)(F)F)c2)CCO1.O=C(O)C(=O)O. The van der Waals surface area contributed by atoms with Crippen LogP contribution in [0.4, 0.5) is 13.2 Å². The Morgan fingerprint density at radius 3 is 2.38 bits per heavy atom. The minimum absolute atomic E-state index is 0.347. The highest BCUT2D eigenvalue weighted by Gasteiger charge is 2.42. The number of aliphatic carboxylic acids is 2. The molecular weight excluding hydrogens is 453 g/mol. The number of nitrogens with zero attached hydrogens (tertiary/aromatic N) is 1. The van der Waals surface area contributed by atoms with E-state index in [1.807, 2.05) is 38.1 Å². The summed E-state index contributed by atoms with van der Waals surface area (Å²) in [5, 5.41) is 18.2. The third-order valence-electron chi connectivity index (χ3n) is 5.64. The highest BCUT2D eigenvalue weighted by Crippen LogP contribution is 2.45. The molecule has 2 aromatic rings. The molecule has 0 saturated carbocycles. The Labute approximate surface area is 196 Å². The molecule has 0 spiro atoms. The molecule has 3 N–H and O–H groups in total. The van der Waals surface area contributed by atoms with E-state index >= 15 is 0 Å². The summed E-state index contributed by atoms with van der Waals surface area (Å²) >= 11 is 0. The van der Waals surface area contributed by atoms with E-state index < -0.39 is 23.7 Å². The molecule has 34 heavy (non-hydrogen) atoms. The number of alkyl halides is 3. The molecule has 0 aliphatic carbocycles. The van der Waals surface area contributed by atoms with E-state index in [0.717, 1.165) is 23.7 Å². The van der Waals surface area contributed by atoms with Gasteiger partial charge in [-0.3, -0.25) is 4.98 Å². The van der Waals surface area contributed by atoms with Crippen LogP contribution in [0.5, 0.6) is 0 Å². The zero-order valence-corrected chi connectivity index (χ0v) is 19.1. The zero-order valence-electron chi connectivity index (χ0n) is 19.1. The van der Waals surface area contributed by atoms with Crippen molar-refractivity contribution in [1.29, 1.82) is 0 Å². The summed E-state index contributed by atoms with van der Waals surface area (Å²) in [7, 11) is 0. The van der Waals surface area contributed by atoms with Gasteiger partial charge in [0.2, 0.25) is 0 Å². The second-order valence-electron chi connectivity index (χ2n) is 8.75. The van der Waals surface area contributed by atoms with Crippen molar-refractivity contribution in [3.63, 3.8) is 0 Å². The molecule has 186 valence electrons. The lowest BCUT2D eigenvalue weighted by atomic mass is 9.67. The van der Waals surface area contributed by atoms with Gasteiger partial charge in [0.15, 0.2) is 0 Å². The molecule has 1 unspecified atom stereocenters. The van der Waals surface area contributed by atoms with Crippen LogP contribution in [0.2, 0.25) is 0 Å². The first kappa shape index (κ1) is 27.3. The highest BCUT2D eigenvalue weighted by atomic mass is 19.4. The van der Waals surface area contributed by atoms with Gasteiger partial charge in [-0.1, -0.05) is 24.3 Å². The summed E-state index contributed by atoms with van der Waals surface area (Å²) in [5.41, 5.74) is 0.393. The van der Waals surface area contributed by atoms with E-state index in [9.17, 15) is 13.2 Å². The Kier molecular flexibility index (Phi) is 9.17. The van der Waals surface area contributed by atoms with Gasteiger partial charge in [-0.25, -0.2) is 9.59 Å². The number of halogens is 3. The normalized spacial score (nSPS) is 19.6. The van der Waals surface area contributed by atoms with Crippen LogP contribution >= 0.6 is 0 Å². The topological polar surface area (TPSA) is 109 Å². The Morgan fingerprint density at radius 2 is 1.82 bits per heavy atom. The first-order chi connectivity index (χ1) is 15.8. The molecule has 0 bridgehead atoms. The smallest absolute Gasteiger partial charge is 0.416 e. The fraction of sp³-hybridized carbons (Fsp3) is 0.458. The summed E-state index contributed by atoms with van der Waals surface area (Å²) in [6.45, 7) is 5.90. The van der Waals surface area contributed by atoms with Crippen molar-refractivity contribution in [2.45, 2.75) is 56.8 Å². The lowest BCUT2D eigenvalue weighted by Gasteiger charge is -2.45. The van der Waals surface area contributed by atoms with Crippen LogP contribution in [-0.2, 0) is 32.5 Å². The third-order valence-corrected chi connectivity index (χ3v) is 5.64. The first-order valence-corrected chi connectivity index (χ1v) is 10.7. The molecule has 1 aliphatic rings. The number of carbonyl (C=O) groups is 2. The zero-order chi connectivity index (χ0) is 25.4.